The number of ether oxygens (including phenoxy) is 2. The normalized spacial score (nSPS) is 21.1. The van der Waals surface area contributed by atoms with E-state index in [1.165, 1.54) is 25.7 Å². The lowest BCUT2D eigenvalue weighted by Gasteiger charge is -2.22. The highest BCUT2D eigenvalue weighted by Crippen LogP contribution is 2.34. The Balaban J connectivity index is 1.54. The predicted molar refractivity (Wildman–Crippen MR) is 76.9 cm³/mol. The molecule has 0 aromatic heterocycles. The Labute approximate surface area is 120 Å². The summed E-state index contributed by atoms with van der Waals surface area (Å²) in [5.41, 5.74) is 0.875. The molecule has 2 atom stereocenters. The van der Waals surface area contributed by atoms with Crippen LogP contribution in [0.3, 0.4) is 0 Å². The van der Waals surface area contributed by atoms with Crippen molar-refractivity contribution in [3.63, 3.8) is 0 Å². The molecular formula is C16H23NO3. The first kappa shape index (κ1) is 13.7. The largest absolute Gasteiger partial charge is 0.454 e. The van der Waals surface area contributed by atoms with Crippen LogP contribution in [0, 0.1) is 5.92 Å². The van der Waals surface area contributed by atoms with Crippen molar-refractivity contribution in [1.82, 2.24) is 5.32 Å². The van der Waals surface area contributed by atoms with Crippen molar-refractivity contribution in [2.45, 2.75) is 44.8 Å². The van der Waals surface area contributed by atoms with Crippen LogP contribution in [0.4, 0.5) is 0 Å². The quantitative estimate of drug-likeness (QED) is 0.868. The fourth-order valence-corrected chi connectivity index (χ4v) is 3.16. The lowest BCUT2D eigenvalue weighted by molar-refractivity contribution is 0.164. The van der Waals surface area contributed by atoms with Gasteiger partial charge in [0.15, 0.2) is 11.5 Å². The third-order valence-electron chi connectivity index (χ3n) is 4.52. The second-order valence-corrected chi connectivity index (χ2v) is 5.87. The van der Waals surface area contributed by atoms with Gasteiger partial charge in [0.1, 0.15) is 0 Å². The summed E-state index contributed by atoms with van der Waals surface area (Å²) >= 11 is 0. The maximum absolute atomic E-state index is 10.3. The highest BCUT2D eigenvalue weighted by molar-refractivity contribution is 5.45. The Bertz CT molecular complexity index is 457. The molecule has 0 radical (unpaired) electrons. The van der Waals surface area contributed by atoms with Gasteiger partial charge in [-0.05, 0) is 43.4 Å². The first-order valence-corrected chi connectivity index (χ1v) is 7.55. The van der Waals surface area contributed by atoms with Gasteiger partial charge in [-0.3, -0.25) is 0 Å². The average molecular weight is 277 g/mol. The van der Waals surface area contributed by atoms with Gasteiger partial charge < -0.3 is 19.9 Å². The van der Waals surface area contributed by atoms with E-state index in [2.05, 4.69) is 12.2 Å². The van der Waals surface area contributed by atoms with E-state index in [-0.39, 0.29) is 6.79 Å². The molecule has 1 aromatic carbocycles. The van der Waals surface area contributed by atoms with Gasteiger partial charge in [-0.15, -0.1) is 0 Å². The Morgan fingerprint density at radius 3 is 2.80 bits per heavy atom. The van der Waals surface area contributed by atoms with Gasteiger partial charge in [0.25, 0.3) is 0 Å². The zero-order valence-electron chi connectivity index (χ0n) is 12.0. The van der Waals surface area contributed by atoms with Crippen molar-refractivity contribution in [3.8, 4) is 11.5 Å². The van der Waals surface area contributed by atoms with Crippen LogP contribution in [0.2, 0.25) is 0 Å². The van der Waals surface area contributed by atoms with E-state index in [9.17, 15) is 5.11 Å². The molecule has 1 aliphatic carbocycles. The standard InChI is InChI=1S/C16H23NO3/c1-11(12-4-2-3-5-12)17-9-14(18)13-6-7-15-16(8-13)20-10-19-15/h6-8,11-12,14,17-18H,2-5,9-10H2,1H3. The van der Waals surface area contributed by atoms with Crippen LogP contribution in [0.25, 0.3) is 0 Å². The fourth-order valence-electron chi connectivity index (χ4n) is 3.16. The molecule has 20 heavy (non-hydrogen) atoms. The molecule has 110 valence electrons. The summed E-state index contributed by atoms with van der Waals surface area (Å²) in [7, 11) is 0. The van der Waals surface area contributed by atoms with Crippen molar-refractivity contribution < 1.29 is 14.6 Å². The summed E-state index contributed by atoms with van der Waals surface area (Å²) in [4.78, 5) is 0. The van der Waals surface area contributed by atoms with Crippen LogP contribution in [0.15, 0.2) is 18.2 Å². The van der Waals surface area contributed by atoms with E-state index >= 15 is 0 Å². The third-order valence-corrected chi connectivity index (χ3v) is 4.52. The summed E-state index contributed by atoms with van der Waals surface area (Å²) < 4.78 is 10.6. The van der Waals surface area contributed by atoms with E-state index in [4.69, 9.17) is 9.47 Å². The molecule has 1 aromatic rings. The zero-order chi connectivity index (χ0) is 13.9. The number of rotatable bonds is 5. The highest BCUT2D eigenvalue weighted by Gasteiger charge is 2.22. The Kier molecular flexibility index (Phi) is 4.13. The maximum Gasteiger partial charge on any atom is 0.231 e. The van der Waals surface area contributed by atoms with Crippen LogP contribution in [-0.4, -0.2) is 24.5 Å². The van der Waals surface area contributed by atoms with Gasteiger partial charge in [0.05, 0.1) is 6.10 Å². The van der Waals surface area contributed by atoms with Gasteiger partial charge >= 0.3 is 0 Å². The summed E-state index contributed by atoms with van der Waals surface area (Å²) in [6, 6.07) is 6.11. The average Bonchev–Trinajstić information content (AvgIpc) is 3.13. The second-order valence-electron chi connectivity index (χ2n) is 5.87. The summed E-state index contributed by atoms with van der Waals surface area (Å²) in [6.45, 7) is 3.07. The highest BCUT2D eigenvalue weighted by atomic mass is 16.7. The Morgan fingerprint density at radius 1 is 1.25 bits per heavy atom. The molecule has 2 aliphatic rings. The number of nitrogens with one attached hydrogen (secondary N) is 1. The van der Waals surface area contributed by atoms with E-state index in [0.29, 0.717) is 12.6 Å². The molecular weight excluding hydrogens is 254 g/mol. The molecule has 1 saturated carbocycles. The minimum absolute atomic E-state index is 0.270. The molecule has 1 aliphatic heterocycles. The monoisotopic (exact) mass is 277 g/mol. The Hall–Kier alpha value is -1.26. The van der Waals surface area contributed by atoms with Crippen LogP contribution in [-0.2, 0) is 0 Å². The summed E-state index contributed by atoms with van der Waals surface area (Å²) in [6.07, 6.45) is 4.82. The third kappa shape index (κ3) is 2.91. The molecule has 4 nitrogen and oxygen atoms in total. The molecule has 0 amide bonds. The van der Waals surface area contributed by atoms with Crippen LogP contribution >= 0.6 is 0 Å². The van der Waals surface area contributed by atoms with Crippen molar-refractivity contribution in [2.75, 3.05) is 13.3 Å². The summed E-state index contributed by atoms with van der Waals surface area (Å²) in [5, 5.41) is 13.8. The topological polar surface area (TPSA) is 50.7 Å². The number of fused-ring (bicyclic) bond motifs is 1. The fraction of sp³-hybridized carbons (Fsp3) is 0.625. The van der Waals surface area contributed by atoms with Crippen LogP contribution in [0.5, 0.6) is 11.5 Å². The van der Waals surface area contributed by atoms with Crippen molar-refractivity contribution in [2.24, 2.45) is 5.92 Å². The number of aliphatic hydroxyl groups is 1. The molecule has 4 heteroatoms. The molecule has 3 rings (SSSR count). The van der Waals surface area contributed by atoms with E-state index in [1.807, 2.05) is 18.2 Å². The second kappa shape index (κ2) is 6.02. The molecule has 2 unspecified atom stereocenters. The lowest BCUT2D eigenvalue weighted by Crippen LogP contribution is -2.35. The van der Waals surface area contributed by atoms with E-state index in [1.54, 1.807) is 0 Å². The van der Waals surface area contributed by atoms with Crippen LogP contribution < -0.4 is 14.8 Å². The minimum atomic E-state index is -0.506. The number of hydrogen-bond donors (Lipinski definition) is 2. The van der Waals surface area contributed by atoms with Crippen molar-refractivity contribution in [3.05, 3.63) is 23.8 Å². The molecule has 0 saturated heterocycles. The number of benzene rings is 1. The first-order valence-electron chi connectivity index (χ1n) is 7.55. The lowest BCUT2D eigenvalue weighted by atomic mass is 9.99. The van der Waals surface area contributed by atoms with Crippen LogP contribution in [0.1, 0.15) is 44.3 Å². The molecule has 1 fully saturated rings. The van der Waals surface area contributed by atoms with Crippen molar-refractivity contribution >= 4 is 0 Å². The number of aliphatic hydroxyl groups excluding tert-OH is 1. The smallest absolute Gasteiger partial charge is 0.231 e. The number of hydrogen-bond acceptors (Lipinski definition) is 4. The predicted octanol–water partition coefficient (Wildman–Crippen LogP) is 2.62. The summed E-state index contributed by atoms with van der Waals surface area (Å²) in [5.74, 6) is 2.25. The molecule has 2 N–H and O–H groups in total. The van der Waals surface area contributed by atoms with Gasteiger partial charge in [0, 0.05) is 12.6 Å². The maximum atomic E-state index is 10.3. The van der Waals surface area contributed by atoms with E-state index in [0.717, 1.165) is 23.0 Å². The van der Waals surface area contributed by atoms with Gasteiger partial charge in [-0.25, -0.2) is 0 Å². The Morgan fingerprint density at radius 2 is 2.00 bits per heavy atom. The van der Waals surface area contributed by atoms with Gasteiger partial charge in [-0.2, -0.15) is 0 Å². The minimum Gasteiger partial charge on any atom is -0.454 e. The molecule has 1 heterocycles. The zero-order valence-corrected chi connectivity index (χ0v) is 12.0. The van der Waals surface area contributed by atoms with Crippen molar-refractivity contribution in [1.29, 1.82) is 0 Å². The van der Waals surface area contributed by atoms with Gasteiger partial charge in [-0.1, -0.05) is 18.9 Å². The molecule has 0 bridgehead atoms. The van der Waals surface area contributed by atoms with E-state index < -0.39 is 6.10 Å². The SMILES string of the molecule is CC(NCC(O)c1ccc2c(c1)OCO2)C1CCCC1. The molecule has 0 spiro atoms. The first-order chi connectivity index (χ1) is 9.74. The van der Waals surface area contributed by atoms with Gasteiger partial charge in [0.2, 0.25) is 6.79 Å².